The molecule has 0 bridgehead atoms. The molecule has 0 aliphatic heterocycles. The maximum absolute atomic E-state index is 8.41. The van der Waals surface area contributed by atoms with Gasteiger partial charge in [0.25, 0.3) is 0 Å². The number of nitrogens with zero attached hydrogens (tertiary/aromatic N) is 6. The molecule has 24 heteroatoms. The van der Waals surface area contributed by atoms with Gasteiger partial charge < -0.3 is 13.3 Å². The third-order valence-electron chi connectivity index (χ3n) is 6.50. The monoisotopic (exact) mass is 1120 g/mol. The van der Waals surface area contributed by atoms with E-state index in [0.29, 0.717) is 64.2 Å². The lowest BCUT2D eigenvalue weighted by Crippen LogP contribution is -2.38. The number of rotatable bonds is 23. The lowest BCUT2D eigenvalue weighted by Gasteiger charge is -2.25. The number of hydrogen-bond donors (Lipinski definition) is 0. The molecule has 0 aromatic rings. The molecule has 0 aliphatic rings. The summed E-state index contributed by atoms with van der Waals surface area (Å²) in [5.74, 6) is 0. The molecule has 0 atom stereocenters. The highest BCUT2D eigenvalue weighted by Crippen LogP contribution is 2.27. The van der Waals surface area contributed by atoms with Gasteiger partial charge in [-0.2, -0.15) is 31.6 Å². The molecule has 0 radical (unpaired) electrons. The molecule has 0 N–H and O–H groups in total. The van der Waals surface area contributed by atoms with E-state index in [2.05, 4.69) is 39.5 Å². The average molecular weight is 1120 g/mol. The highest BCUT2D eigenvalue weighted by Gasteiger charge is 2.29. The van der Waals surface area contributed by atoms with Gasteiger partial charge in [-0.1, -0.05) is 0 Å². The molecule has 0 heterocycles. The van der Waals surface area contributed by atoms with E-state index in [1.165, 1.54) is 0 Å². The van der Waals surface area contributed by atoms with Crippen molar-refractivity contribution in [3.63, 3.8) is 0 Å². The van der Waals surface area contributed by atoms with Crippen molar-refractivity contribution >= 4 is 144 Å². The van der Waals surface area contributed by atoms with Gasteiger partial charge >= 0.3 is 14.6 Å². The van der Waals surface area contributed by atoms with Crippen molar-refractivity contribution in [1.29, 1.82) is 31.6 Å². The fourth-order valence-electron chi connectivity index (χ4n) is 3.77. The Morgan fingerprint density at radius 3 is 0.950 bits per heavy atom. The first kappa shape index (κ1) is 72.3. The van der Waals surface area contributed by atoms with Crippen LogP contribution in [0.3, 0.4) is 0 Å². The first-order chi connectivity index (χ1) is 27.5. The minimum absolute atomic E-state index is 0.0267. The van der Waals surface area contributed by atoms with Gasteiger partial charge in [-0.05, 0) is 136 Å². The maximum Gasteiger partial charge on any atom is 0.341 e. The predicted octanol–water partition coefficient (Wildman–Crippen LogP) is 15.5. The topological polar surface area (TPSA) is 170 Å². The molecular formula is C36H69Cl9N6O3Si6. The second-order valence-electron chi connectivity index (χ2n) is 14.5. The molecule has 348 valence electrons. The Kier molecular flexibility index (Phi) is 55.8. The van der Waals surface area contributed by atoms with Crippen molar-refractivity contribution in [3.8, 4) is 36.4 Å². The molecule has 0 saturated carbocycles. The van der Waals surface area contributed by atoms with Crippen molar-refractivity contribution in [2.24, 2.45) is 0 Å². The smallest absolute Gasteiger partial charge is 0.341 e. The van der Waals surface area contributed by atoms with Gasteiger partial charge in [-0.25, -0.2) is 0 Å². The van der Waals surface area contributed by atoms with Crippen LogP contribution in [-0.4, -0.2) is 63.2 Å². The number of hydrogen-bond acceptors (Lipinski definition) is 9. The summed E-state index contributed by atoms with van der Waals surface area (Å²) in [6, 6.07) is 15.1. The van der Waals surface area contributed by atoms with E-state index in [1.807, 2.05) is 57.8 Å². The molecule has 60 heavy (non-hydrogen) atoms. The second-order valence-corrected chi connectivity index (χ2v) is 53.2. The molecule has 0 spiro atoms. The van der Waals surface area contributed by atoms with E-state index in [0.717, 1.165) is 62.3 Å². The fourth-order valence-corrected chi connectivity index (χ4v) is 14.0. The van der Waals surface area contributed by atoms with Gasteiger partial charge in [-0.15, -0.1) is 99.7 Å². The van der Waals surface area contributed by atoms with Crippen molar-refractivity contribution in [2.75, 3.05) is 13.2 Å². The maximum atomic E-state index is 8.41. The Labute approximate surface area is 414 Å². The summed E-state index contributed by atoms with van der Waals surface area (Å²) in [6.07, 6.45) is 8.61. The summed E-state index contributed by atoms with van der Waals surface area (Å²) < 4.78 is 16.9. The number of nitriles is 6. The minimum atomic E-state index is -2.43. The molecule has 0 aliphatic carbocycles. The van der Waals surface area contributed by atoms with Crippen LogP contribution in [0.2, 0.25) is 62.5 Å². The molecular weight excluding hydrogens is 1050 g/mol. The summed E-state index contributed by atoms with van der Waals surface area (Å²) in [6.45, 7) is 13.6. The van der Waals surface area contributed by atoms with Gasteiger partial charge in [0.2, 0.25) is 20.1 Å². The van der Waals surface area contributed by atoms with Gasteiger partial charge in [0.15, 0.2) is 9.76 Å². The Balaban J connectivity index is -0.000000147. The summed E-state index contributed by atoms with van der Waals surface area (Å²) in [5.41, 5.74) is 0.0267. The zero-order valence-electron chi connectivity index (χ0n) is 37.2. The largest absolute Gasteiger partial charge is 0.419 e. The molecule has 0 aromatic carbocycles. The van der Waals surface area contributed by atoms with Crippen LogP contribution in [-0.2, 0) is 13.3 Å². The Morgan fingerprint density at radius 1 is 0.450 bits per heavy atom. The minimum Gasteiger partial charge on any atom is -0.419 e. The van der Waals surface area contributed by atoms with E-state index in [-0.39, 0.29) is 15.4 Å². The summed E-state index contributed by atoms with van der Waals surface area (Å²) in [7, 11) is -2.30. The van der Waals surface area contributed by atoms with Crippen LogP contribution >= 0.6 is 99.7 Å². The Hall–Kier alpha value is 0.731. The van der Waals surface area contributed by atoms with Crippen LogP contribution in [0.1, 0.15) is 112 Å². The van der Waals surface area contributed by atoms with Crippen molar-refractivity contribution < 1.29 is 13.3 Å². The van der Waals surface area contributed by atoms with Crippen LogP contribution in [0.5, 0.6) is 0 Å². The van der Waals surface area contributed by atoms with E-state index < -0.39 is 34.6 Å². The van der Waals surface area contributed by atoms with E-state index in [9.17, 15) is 0 Å². The van der Waals surface area contributed by atoms with E-state index >= 15 is 0 Å². The van der Waals surface area contributed by atoms with Crippen LogP contribution < -0.4 is 0 Å². The van der Waals surface area contributed by atoms with Gasteiger partial charge in [0.05, 0.1) is 36.4 Å². The second kappa shape index (κ2) is 46.3. The van der Waals surface area contributed by atoms with E-state index in [1.54, 1.807) is 0 Å². The molecule has 0 fully saturated rings. The molecule has 0 unspecified atom stereocenters. The molecule has 0 saturated heterocycles. The molecule has 0 amide bonds. The standard InChI is InChI=1S/C9H19NO2Si.C8H17NOSi.3C5H9Cl2NSi.C4H6Cl3NSi/c1-4-11-13(3,12-5-2)9-7-6-8-10;1-8(2,3)10-11-7-5-4-6-9;3*1-9(6,7)5-3-2-4-8;5-9(6,7)4-2-1-3-8/h4-7,9H2,1-3H3;4-5,7,11H2,1-3H3;3*2-3,5H2,1H3;1-2,4H2. The van der Waals surface area contributed by atoms with Crippen LogP contribution in [0.15, 0.2) is 0 Å². The zero-order chi connectivity index (χ0) is 48.2. The van der Waals surface area contributed by atoms with Crippen LogP contribution in [0, 0.1) is 68.0 Å². The van der Waals surface area contributed by atoms with Crippen LogP contribution in [0.25, 0.3) is 0 Å². The number of unbranched alkanes of at least 4 members (excludes halogenated alkanes) is 6. The normalized spacial score (nSPS) is 11.2. The third kappa shape index (κ3) is 89.6. The third-order valence-corrected chi connectivity index (χ3v) is 21.1. The predicted molar refractivity (Wildman–Crippen MR) is 275 cm³/mol. The van der Waals surface area contributed by atoms with Crippen LogP contribution in [0.4, 0.5) is 0 Å². The highest BCUT2D eigenvalue weighted by molar-refractivity contribution is 7.64. The molecule has 0 rings (SSSR count). The summed E-state index contributed by atoms with van der Waals surface area (Å²) >= 11 is 51.2. The lowest BCUT2D eigenvalue weighted by atomic mass is 10.2. The quantitative estimate of drug-likeness (QED) is 0.0549. The fraction of sp³-hybridized carbons (Fsp3) is 0.833. The van der Waals surface area contributed by atoms with E-state index in [4.69, 9.17) is 145 Å². The lowest BCUT2D eigenvalue weighted by molar-refractivity contribution is 0.138. The van der Waals surface area contributed by atoms with Gasteiger partial charge in [-0.3, -0.25) is 0 Å². The van der Waals surface area contributed by atoms with Gasteiger partial charge in [0.1, 0.15) is 0 Å². The van der Waals surface area contributed by atoms with Crippen molar-refractivity contribution in [2.45, 2.75) is 180 Å². The Bertz CT molecular complexity index is 1140. The van der Waals surface area contributed by atoms with Gasteiger partial charge in [0, 0.05) is 57.3 Å². The number of halogens is 9. The average Bonchev–Trinajstić information content (AvgIpc) is 3.08. The SMILES string of the molecule is CC(C)(C)O[SiH2]CCCC#N.CCO[Si](C)(CCCC#N)OCC.C[Si](Cl)(Cl)CCCC#N.C[Si](Cl)(Cl)CCCC#N.C[Si](Cl)(Cl)CCCC#N.N#CCCC[Si](Cl)(Cl)Cl. The first-order valence-corrected chi connectivity index (χ1v) is 43.4. The van der Waals surface area contributed by atoms with Crippen molar-refractivity contribution in [1.82, 2.24) is 0 Å². The summed E-state index contributed by atoms with van der Waals surface area (Å²) in [4.78, 5) is 0. The van der Waals surface area contributed by atoms with Crippen molar-refractivity contribution in [3.05, 3.63) is 0 Å². The highest BCUT2D eigenvalue weighted by atomic mass is 35.8. The Morgan fingerprint density at radius 2 is 0.717 bits per heavy atom. The molecule has 9 nitrogen and oxygen atoms in total. The molecule has 0 aromatic heterocycles. The summed E-state index contributed by atoms with van der Waals surface area (Å²) in [5, 5.41) is 49.2. The first-order valence-electron chi connectivity index (χ1n) is 19.8. The zero-order valence-corrected chi connectivity index (χ0v) is 50.4.